The van der Waals surface area contributed by atoms with Crippen LogP contribution in [0.3, 0.4) is 0 Å². The first kappa shape index (κ1) is 14.3. The second-order valence-electron chi connectivity index (χ2n) is 5.49. The van der Waals surface area contributed by atoms with Crippen molar-refractivity contribution in [3.8, 4) is 17.0 Å². The third-order valence-electron chi connectivity index (χ3n) is 2.97. The molecule has 4 N–H and O–H groups in total. The molecule has 0 fully saturated rings. The van der Waals surface area contributed by atoms with Gasteiger partial charge in [0.15, 0.2) is 5.69 Å². The van der Waals surface area contributed by atoms with Crippen molar-refractivity contribution in [2.45, 2.75) is 26.2 Å². The number of phenolic OH excluding ortho intramolecular Hbond substituents is 1. The van der Waals surface area contributed by atoms with Crippen LogP contribution >= 0.6 is 11.6 Å². The zero-order chi connectivity index (χ0) is 15.1. The molecule has 0 aliphatic rings. The fourth-order valence-corrected chi connectivity index (χ4v) is 2.02. The summed E-state index contributed by atoms with van der Waals surface area (Å²) in [5.41, 5.74) is 6.42. The smallest absolute Gasteiger partial charge is 0.271 e. The minimum atomic E-state index is -0.731. The van der Waals surface area contributed by atoms with Gasteiger partial charge in [-0.1, -0.05) is 32.4 Å². The number of carbonyl (C=O) groups is 1. The quantitative estimate of drug-likeness (QED) is 0.789. The summed E-state index contributed by atoms with van der Waals surface area (Å²) >= 11 is 6.05. The number of aromatic hydroxyl groups is 1. The van der Waals surface area contributed by atoms with Crippen molar-refractivity contribution in [1.29, 1.82) is 0 Å². The van der Waals surface area contributed by atoms with Crippen molar-refractivity contribution in [3.63, 3.8) is 0 Å². The maximum Gasteiger partial charge on any atom is 0.271 e. The molecule has 0 saturated carbocycles. The van der Waals surface area contributed by atoms with E-state index < -0.39 is 5.91 Å². The highest BCUT2D eigenvalue weighted by Gasteiger charge is 2.23. The lowest BCUT2D eigenvalue weighted by Crippen LogP contribution is -2.14. The second-order valence-corrected chi connectivity index (χ2v) is 5.90. The number of nitrogens with zero attached hydrogens (tertiary/aromatic N) is 2. The Balaban J connectivity index is 2.70. The van der Waals surface area contributed by atoms with Gasteiger partial charge in [-0.25, -0.2) is 0 Å². The molecule has 0 spiro atoms. The molecule has 6 nitrogen and oxygen atoms in total. The van der Waals surface area contributed by atoms with E-state index in [4.69, 9.17) is 17.3 Å². The van der Waals surface area contributed by atoms with Crippen molar-refractivity contribution in [2.75, 3.05) is 0 Å². The van der Waals surface area contributed by atoms with Gasteiger partial charge in [0.2, 0.25) is 0 Å². The number of rotatable bonds is 2. The van der Waals surface area contributed by atoms with Gasteiger partial charge in [0.05, 0.1) is 5.02 Å². The molecule has 2 aromatic rings. The van der Waals surface area contributed by atoms with E-state index in [1.54, 1.807) is 12.1 Å². The molecule has 1 aromatic heterocycles. The van der Waals surface area contributed by atoms with Gasteiger partial charge in [-0.3, -0.25) is 4.79 Å². The van der Waals surface area contributed by atoms with Gasteiger partial charge in [0.1, 0.15) is 11.4 Å². The van der Waals surface area contributed by atoms with Crippen molar-refractivity contribution < 1.29 is 9.90 Å². The van der Waals surface area contributed by atoms with Crippen LogP contribution in [0.2, 0.25) is 5.02 Å². The molecule has 20 heavy (non-hydrogen) atoms. The molecule has 1 amide bonds. The first-order valence-electron chi connectivity index (χ1n) is 5.95. The number of halogens is 1. The number of hydrogen-bond donors (Lipinski definition) is 3. The molecule has 0 bridgehead atoms. The Morgan fingerprint density at radius 1 is 1.35 bits per heavy atom. The number of aromatic nitrogens is 3. The summed E-state index contributed by atoms with van der Waals surface area (Å²) < 4.78 is 0. The van der Waals surface area contributed by atoms with Crippen molar-refractivity contribution in [3.05, 3.63) is 28.4 Å². The van der Waals surface area contributed by atoms with Crippen LogP contribution in [0.1, 0.15) is 36.8 Å². The summed E-state index contributed by atoms with van der Waals surface area (Å²) in [6, 6.07) is 3.41. The predicted octanol–water partition coefficient (Wildman–Crippen LogP) is 2.23. The first-order chi connectivity index (χ1) is 9.21. The largest absolute Gasteiger partial charge is 0.506 e. The number of benzene rings is 1. The Morgan fingerprint density at radius 3 is 2.55 bits per heavy atom. The lowest BCUT2D eigenvalue weighted by atomic mass is 9.85. The number of hydrogen-bond acceptors (Lipinski definition) is 4. The monoisotopic (exact) mass is 294 g/mol. The maximum absolute atomic E-state index is 11.3. The molecule has 7 heteroatoms. The number of phenols is 1. The van der Waals surface area contributed by atoms with Crippen LogP contribution in [0.5, 0.6) is 5.75 Å². The molecule has 0 radical (unpaired) electrons. The third-order valence-corrected chi connectivity index (χ3v) is 3.25. The maximum atomic E-state index is 11.3. The van der Waals surface area contributed by atoms with Gasteiger partial charge >= 0.3 is 0 Å². The molecular formula is C13H15ClN4O2. The van der Waals surface area contributed by atoms with E-state index >= 15 is 0 Å². The number of amides is 1. The number of H-pyrrole nitrogens is 1. The van der Waals surface area contributed by atoms with Gasteiger partial charge in [0.25, 0.3) is 5.91 Å². The fourth-order valence-electron chi connectivity index (χ4n) is 1.80. The van der Waals surface area contributed by atoms with Crippen LogP contribution in [0.25, 0.3) is 11.3 Å². The number of primary amides is 1. The number of nitrogens with one attached hydrogen (secondary N) is 1. The Hall–Kier alpha value is -2.08. The van der Waals surface area contributed by atoms with E-state index in [2.05, 4.69) is 15.4 Å². The van der Waals surface area contributed by atoms with Crippen LogP contribution in [0.15, 0.2) is 12.1 Å². The normalized spacial score (nSPS) is 11.6. The van der Waals surface area contributed by atoms with Crippen molar-refractivity contribution >= 4 is 17.5 Å². The third kappa shape index (κ3) is 2.46. The minimum Gasteiger partial charge on any atom is -0.506 e. The standard InChI is InChI=1S/C13H15ClN4O2/c1-13(2,3)6-4-7(11(19)8(14)5-6)9-10(12(15)20)17-18-16-9/h4-5,19H,1-3H3,(H2,15,20)(H,16,17,18). The Bertz CT molecular complexity index is 673. The van der Waals surface area contributed by atoms with Crippen molar-refractivity contribution in [1.82, 2.24) is 15.4 Å². The van der Waals surface area contributed by atoms with E-state index in [-0.39, 0.29) is 27.6 Å². The van der Waals surface area contributed by atoms with Gasteiger partial charge in [-0.2, -0.15) is 15.4 Å². The molecule has 0 unspecified atom stereocenters. The SMILES string of the molecule is CC(C)(C)c1cc(Cl)c(O)c(-c2n[nH]nc2C(N)=O)c1. The predicted molar refractivity (Wildman–Crippen MR) is 75.7 cm³/mol. The molecule has 1 aromatic carbocycles. The molecule has 0 aliphatic carbocycles. The highest BCUT2D eigenvalue weighted by atomic mass is 35.5. The number of aromatic amines is 1. The summed E-state index contributed by atoms with van der Waals surface area (Å²) in [6.45, 7) is 6.03. The van der Waals surface area contributed by atoms with Crippen molar-refractivity contribution in [2.24, 2.45) is 5.73 Å². The number of nitrogens with two attached hydrogens (primary N) is 1. The Labute approximate surface area is 120 Å². The van der Waals surface area contributed by atoms with Crippen LogP contribution in [0.4, 0.5) is 0 Å². The molecule has 0 atom stereocenters. The van der Waals surface area contributed by atoms with E-state index in [9.17, 15) is 9.90 Å². The fraction of sp³-hybridized carbons (Fsp3) is 0.308. The highest BCUT2D eigenvalue weighted by molar-refractivity contribution is 6.32. The van der Waals surface area contributed by atoms with Crippen LogP contribution in [-0.4, -0.2) is 26.4 Å². The highest BCUT2D eigenvalue weighted by Crippen LogP contribution is 2.39. The number of carbonyl (C=O) groups excluding carboxylic acids is 1. The molecule has 106 valence electrons. The summed E-state index contributed by atoms with van der Waals surface area (Å²) in [6.07, 6.45) is 0. The zero-order valence-electron chi connectivity index (χ0n) is 11.4. The minimum absolute atomic E-state index is 0.0394. The van der Waals surface area contributed by atoms with Crippen LogP contribution < -0.4 is 5.73 Å². The van der Waals surface area contributed by atoms with E-state index in [1.807, 2.05) is 20.8 Å². The molecule has 2 rings (SSSR count). The summed E-state index contributed by atoms with van der Waals surface area (Å²) in [5, 5.41) is 20.2. The van der Waals surface area contributed by atoms with Gasteiger partial charge in [-0.05, 0) is 23.1 Å². The van der Waals surface area contributed by atoms with E-state index in [0.29, 0.717) is 5.56 Å². The summed E-state index contributed by atoms with van der Waals surface area (Å²) in [7, 11) is 0. The first-order valence-corrected chi connectivity index (χ1v) is 6.33. The second kappa shape index (κ2) is 4.79. The molecule has 0 aliphatic heterocycles. The van der Waals surface area contributed by atoms with E-state index in [1.165, 1.54) is 0 Å². The van der Waals surface area contributed by atoms with Gasteiger partial charge in [0, 0.05) is 5.56 Å². The zero-order valence-corrected chi connectivity index (χ0v) is 12.1. The summed E-state index contributed by atoms with van der Waals surface area (Å²) in [5.74, 6) is -0.887. The molecular weight excluding hydrogens is 280 g/mol. The van der Waals surface area contributed by atoms with Gasteiger partial charge < -0.3 is 10.8 Å². The average molecular weight is 295 g/mol. The topological polar surface area (TPSA) is 105 Å². The Kier molecular flexibility index (Phi) is 3.43. The Morgan fingerprint density at radius 2 is 2.00 bits per heavy atom. The van der Waals surface area contributed by atoms with Crippen LogP contribution in [-0.2, 0) is 5.41 Å². The molecule has 0 saturated heterocycles. The van der Waals surface area contributed by atoms with Crippen LogP contribution in [0, 0.1) is 0 Å². The lowest BCUT2D eigenvalue weighted by molar-refractivity contribution is 0.0996. The molecule has 1 heterocycles. The lowest BCUT2D eigenvalue weighted by Gasteiger charge is -2.20. The average Bonchev–Trinajstić information content (AvgIpc) is 2.80. The summed E-state index contributed by atoms with van der Waals surface area (Å²) in [4.78, 5) is 11.3. The van der Waals surface area contributed by atoms with Gasteiger partial charge in [-0.15, -0.1) is 0 Å². The van der Waals surface area contributed by atoms with E-state index in [0.717, 1.165) is 5.56 Å².